The number of benzene rings is 3. The molecule has 0 N–H and O–H groups in total. The Morgan fingerprint density at radius 1 is 0.944 bits per heavy atom. The van der Waals surface area contributed by atoms with Gasteiger partial charge in [0.05, 0.1) is 49.6 Å². The van der Waals surface area contributed by atoms with E-state index in [1.54, 1.807) is 6.07 Å². The van der Waals surface area contributed by atoms with Crippen LogP contribution >= 0.6 is 12.4 Å². The lowest BCUT2D eigenvalue weighted by molar-refractivity contribution is -0.139. The summed E-state index contributed by atoms with van der Waals surface area (Å²) in [7, 11) is 2.80. The summed E-state index contributed by atoms with van der Waals surface area (Å²) >= 11 is 0. The minimum atomic E-state index is -0.356. The number of hydrogen-bond acceptors (Lipinski definition) is 5. The minimum absolute atomic E-state index is 0. The van der Waals surface area contributed by atoms with Crippen molar-refractivity contribution in [3.05, 3.63) is 89.7 Å². The molecule has 188 valence electrons. The maximum Gasteiger partial charge on any atom is 0.338 e. The Balaban J connectivity index is 0.00000361. The number of nitrogens with zero attached hydrogens (tertiary/aromatic N) is 2. The molecule has 0 saturated carbocycles. The first kappa shape index (κ1) is 27.0. The second kappa shape index (κ2) is 11.9. The van der Waals surface area contributed by atoms with Gasteiger partial charge in [-0.1, -0.05) is 74.9 Å². The number of esters is 2. The lowest BCUT2D eigenvalue weighted by Crippen LogP contribution is -2.18. The van der Waals surface area contributed by atoms with Crippen LogP contribution in [-0.2, 0) is 20.7 Å². The van der Waals surface area contributed by atoms with E-state index < -0.39 is 0 Å². The molecule has 3 aromatic carbocycles. The lowest BCUT2D eigenvalue weighted by atomic mass is 9.90. The summed E-state index contributed by atoms with van der Waals surface area (Å²) in [5.41, 5.74) is 6.13. The minimum Gasteiger partial charge on any atom is -0.469 e. The predicted octanol–water partition coefficient (Wildman–Crippen LogP) is 6.26. The maximum atomic E-state index is 12.3. The second-order valence-corrected chi connectivity index (χ2v) is 8.68. The average molecular weight is 507 g/mol. The summed E-state index contributed by atoms with van der Waals surface area (Å²) in [4.78, 5) is 29.0. The van der Waals surface area contributed by atoms with E-state index in [-0.39, 0.29) is 36.8 Å². The molecule has 0 bridgehead atoms. The fourth-order valence-electron chi connectivity index (χ4n) is 4.61. The van der Waals surface area contributed by atoms with Crippen molar-refractivity contribution in [3.63, 3.8) is 0 Å². The number of halogens is 1. The number of imidazole rings is 1. The molecule has 4 aromatic rings. The molecule has 0 spiro atoms. The van der Waals surface area contributed by atoms with Crippen molar-refractivity contribution in [2.75, 3.05) is 14.2 Å². The number of methoxy groups -OCH3 is 2. The van der Waals surface area contributed by atoms with E-state index in [0.717, 1.165) is 39.7 Å². The molecular weight excluding hydrogens is 476 g/mol. The highest BCUT2D eigenvalue weighted by atomic mass is 35.5. The van der Waals surface area contributed by atoms with E-state index >= 15 is 0 Å². The van der Waals surface area contributed by atoms with E-state index in [2.05, 4.69) is 35.5 Å². The molecule has 4 rings (SSSR count). The Hall–Kier alpha value is -3.64. The maximum absolute atomic E-state index is 12.3. The molecule has 0 radical (unpaired) electrons. The fourth-order valence-corrected chi connectivity index (χ4v) is 4.61. The summed E-state index contributed by atoms with van der Waals surface area (Å²) in [6.45, 7) is 4.40. The summed E-state index contributed by atoms with van der Waals surface area (Å²) < 4.78 is 12.1. The third kappa shape index (κ3) is 5.29. The Morgan fingerprint density at radius 2 is 1.67 bits per heavy atom. The largest absolute Gasteiger partial charge is 0.469 e. The molecule has 0 aliphatic heterocycles. The first-order valence-corrected chi connectivity index (χ1v) is 11.8. The van der Waals surface area contributed by atoms with Gasteiger partial charge >= 0.3 is 11.9 Å². The molecule has 0 saturated heterocycles. The van der Waals surface area contributed by atoms with E-state index in [0.29, 0.717) is 11.5 Å². The quantitative estimate of drug-likeness (QED) is 0.264. The van der Waals surface area contributed by atoms with Gasteiger partial charge in [-0.05, 0) is 40.3 Å². The van der Waals surface area contributed by atoms with Gasteiger partial charge in [0.15, 0.2) is 0 Å². The lowest BCUT2D eigenvalue weighted by Gasteiger charge is -2.27. The molecule has 1 aromatic heterocycles. The normalized spacial score (nSPS) is 12.4. The van der Waals surface area contributed by atoms with Crippen molar-refractivity contribution in [1.82, 2.24) is 9.55 Å². The number of hydrogen-bond donors (Lipinski definition) is 0. The number of carbonyl (C=O) groups is 2. The second-order valence-electron chi connectivity index (χ2n) is 8.68. The number of fused-ring (bicyclic) bond motifs is 1. The highest BCUT2D eigenvalue weighted by Gasteiger charge is 2.24. The zero-order valence-electron chi connectivity index (χ0n) is 20.9. The third-order valence-corrected chi connectivity index (χ3v) is 6.62. The van der Waals surface area contributed by atoms with Crippen LogP contribution in [0.3, 0.4) is 0 Å². The molecule has 6 nitrogen and oxygen atoms in total. The van der Waals surface area contributed by atoms with Crippen molar-refractivity contribution < 1.29 is 19.1 Å². The van der Waals surface area contributed by atoms with Crippen LogP contribution in [0.15, 0.2) is 73.1 Å². The van der Waals surface area contributed by atoms with Crippen LogP contribution in [0.4, 0.5) is 0 Å². The van der Waals surface area contributed by atoms with E-state index in [1.165, 1.54) is 14.2 Å². The molecule has 2 unspecified atom stereocenters. The molecule has 0 aliphatic carbocycles. The first-order chi connectivity index (χ1) is 17.0. The van der Waals surface area contributed by atoms with E-state index in [1.807, 2.05) is 54.9 Å². The summed E-state index contributed by atoms with van der Waals surface area (Å²) in [6, 6.07) is 21.6. The molecule has 2 atom stereocenters. The van der Waals surface area contributed by atoms with Gasteiger partial charge in [-0.2, -0.15) is 0 Å². The highest BCUT2D eigenvalue weighted by molar-refractivity contribution is 5.97. The number of rotatable bonds is 8. The van der Waals surface area contributed by atoms with E-state index in [9.17, 15) is 9.59 Å². The van der Waals surface area contributed by atoms with Gasteiger partial charge < -0.3 is 14.0 Å². The van der Waals surface area contributed by atoms with Gasteiger partial charge in [0, 0.05) is 0 Å². The molecule has 7 heteroatoms. The molecule has 0 aliphatic rings. The summed E-state index contributed by atoms with van der Waals surface area (Å²) in [5.74, 6) is -0.323. The highest BCUT2D eigenvalue weighted by Crippen LogP contribution is 2.35. The Kier molecular flexibility index (Phi) is 8.88. The van der Waals surface area contributed by atoms with Crippen molar-refractivity contribution in [2.45, 2.75) is 32.7 Å². The summed E-state index contributed by atoms with van der Waals surface area (Å²) in [5, 5.41) is 0. The molecule has 1 heterocycles. The van der Waals surface area contributed by atoms with Crippen molar-refractivity contribution >= 4 is 35.4 Å². The molecule has 0 amide bonds. The number of aromatic nitrogens is 2. The van der Waals surface area contributed by atoms with Crippen LogP contribution in [-0.4, -0.2) is 35.7 Å². The van der Waals surface area contributed by atoms with Crippen LogP contribution in [0.5, 0.6) is 0 Å². The third-order valence-electron chi connectivity index (χ3n) is 6.62. The van der Waals surface area contributed by atoms with Crippen LogP contribution in [0.25, 0.3) is 22.2 Å². The SMILES string of the molecule is CCC(C)C(c1ccc(-c2ccccc2C(=O)OC)cc1)n1cnc2cccc(CC(=O)OC)c21.Cl. The Morgan fingerprint density at radius 3 is 2.33 bits per heavy atom. The standard InChI is InChI=1S/C29H30N2O4.ClH/c1-5-19(2)27(31-18-30-25-12-8-9-22(28(25)31)17-26(32)34-3)21-15-13-20(14-16-21)23-10-6-7-11-24(23)29(33)35-4;/h6-16,18-19,27H,5,17H2,1-4H3;1H. The predicted molar refractivity (Wildman–Crippen MR) is 144 cm³/mol. The van der Waals surface area contributed by atoms with Gasteiger partial charge in [-0.3, -0.25) is 4.79 Å². The van der Waals surface area contributed by atoms with Gasteiger partial charge in [0.2, 0.25) is 0 Å². The van der Waals surface area contributed by atoms with Gasteiger partial charge in [-0.25, -0.2) is 9.78 Å². The Labute approximate surface area is 217 Å². The zero-order chi connectivity index (χ0) is 24.9. The first-order valence-electron chi connectivity index (χ1n) is 11.8. The molecular formula is C29H31ClN2O4. The average Bonchev–Trinajstić information content (AvgIpc) is 3.33. The van der Waals surface area contributed by atoms with Crippen LogP contribution in [0, 0.1) is 5.92 Å². The van der Waals surface area contributed by atoms with E-state index in [4.69, 9.17) is 9.47 Å². The molecule has 36 heavy (non-hydrogen) atoms. The van der Waals surface area contributed by atoms with Crippen LogP contribution in [0.2, 0.25) is 0 Å². The number of ether oxygens (including phenoxy) is 2. The number of para-hydroxylation sites is 1. The van der Waals surface area contributed by atoms with Gasteiger partial charge in [0.25, 0.3) is 0 Å². The van der Waals surface area contributed by atoms with Gasteiger partial charge in [-0.15, -0.1) is 12.4 Å². The monoisotopic (exact) mass is 506 g/mol. The zero-order valence-corrected chi connectivity index (χ0v) is 21.7. The van der Waals surface area contributed by atoms with Crippen molar-refractivity contribution in [1.29, 1.82) is 0 Å². The number of carbonyl (C=O) groups excluding carboxylic acids is 2. The fraction of sp³-hybridized carbons (Fsp3) is 0.276. The van der Waals surface area contributed by atoms with Gasteiger partial charge in [0.1, 0.15) is 0 Å². The van der Waals surface area contributed by atoms with Crippen LogP contribution < -0.4 is 0 Å². The summed E-state index contributed by atoms with van der Waals surface area (Å²) in [6.07, 6.45) is 3.02. The van der Waals surface area contributed by atoms with Crippen molar-refractivity contribution in [2.24, 2.45) is 5.92 Å². The molecule has 0 fully saturated rings. The Bertz CT molecular complexity index is 1350. The topological polar surface area (TPSA) is 70.4 Å². The smallest absolute Gasteiger partial charge is 0.338 e. The van der Waals surface area contributed by atoms with Crippen LogP contribution in [0.1, 0.15) is 47.8 Å². The van der Waals surface area contributed by atoms with Crippen molar-refractivity contribution in [3.8, 4) is 11.1 Å².